The lowest BCUT2D eigenvalue weighted by molar-refractivity contribution is 0.0950. The van der Waals surface area contributed by atoms with E-state index in [0.717, 1.165) is 25.7 Å². The molecule has 1 heterocycles. The van der Waals surface area contributed by atoms with Gasteiger partial charge in [-0.3, -0.25) is 9.59 Å². The molecule has 0 aliphatic heterocycles. The molecule has 0 unspecified atom stereocenters. The van der Waals surface area contributed by atoms with Crippen molar-refractivity contribution in [1.29, 1.82) is 0 Å². The third-order valence-electron chi connectivity index (χ3n) is 3.24. The van der Waals surface area contributed by atoms with Crippen molar-refractivity contribution in [2.45, 2.75) is 32.6 Å². The Bertz CT molecular complexity index is 645. The van der Waals surface area contributed by atoms with Crippen LogP contribution in [0.2, 0.25) is 0 Å². The number of amides is 1. The van der Waals surface area contributed by atoms with Crippen LogP contribution in [0, 0.1) is 0 Å². The number of para-hydroxylation sites is 1. The molecule has 0 saturated carbocycles. The zero-order valence-corrected chi connectivity index (χ0v) is 11.6. The predicted octanol–water partition coefficient (Wildman–Crippen LogP) is 3.10. The molecule has 106 valence electrons. The summed E-state index contributed by atoms with van der Waals surface area (Å²) in [5, 5.41) is 3.20. The predicted molar refractivity (Wildman–Crippen MR) is 79.0 cm³/mol. The number of hydrogen-bond acceptors (Lipinski definition) is 3. The molecule has 1 N–H and O–H groups in total. The lowest BCUT2D eigenvalue weighted by Gasteiger charge is -2.05. The highest BCUT2D eigenvalue weighted by Crippen LogP contribution is 2.10. The highest BCUT2D eigenvalue weighted by Gasteiger charge is 2.13. The molecule has 0 radical (unpaired) electrons. The fourth-order valence-corrected chi connectivity index (χ4v) is 2.08. The first kappa shape index (κ1) is 14.3. The van der Waals surface area contributed by atoms with E-state index in [1.165, 1.54) is 6.26 Å². The topological polar surface area (TPSA) is 59.3 Å². The Morgan fingerprint density at radius 1 is 1.20 bits per heavy atom. The number of carbonyl (C=O) groups excluding carboxylic acids is 1. The van der Waals surface area contributed by atoms with Crippen molar-refractivity contribution in [3.63, 3.8) is 0 Å². The molecule has 1 aromatic carbocycles. The first-order valence-corrected chi connectivity index (χ1v) is 7.02. The molecule has 0 aliphatic rings. The Kier molecular flexibility index (Phi) is 4.93. The maximum absolute atomic E-state index is 12.2. The van der Waals surface area contributed by atoms with Crippen molar-refractivity contribution >= 4 is 16.9 Å². The second-order valence-corrected chi connectivity index (χ2v) is 4.79. The molecule has 0 spiro atoms. The SMILES string of the molecule is CCCCCCNC(=O)c1coc2ccccc2c1=O. The second kappa shape index (κ2) is 6.89. The molecule has 2 aromatic rings. The summed E-state index contributed by atoms with van der Waals surface area (Å²) in [6.07, 6.45) is 5.57. The van der Waals surface area contributed by atoms with Gasteiger partial charge in [-0.05, 0) is 18.6 Å². The minimum Gasteiger partial charge on any atom is -0.463 e. The number of fused-ring (bicyclic) bond motifs is 1. The van der Waals surface area contributed by atoms with Crippen molar-refractivity contribution in [3.05, 3.63) is 46.3 Å². The fourth-order valence-electron chi connectivity index (χ4n) is 2.08. The van der Waals surface area contributed by atoms with E-state index >= 15 is 0 Å². The van der Waals surface area contributed by atoms with Crippen molar-refractivity contribution in [2.24, 2.45) is 0 Å². The highest BCUT2D eigenvalue weighted by atomic mass is 16.3. The van der Waals surface area contributed by atoms with Crippen LogP contribution in [0.5, 0.6) is 0 Å². The lowest BCUT2D eigenvalue weighted by atomic mass is 10.1. The highest BCUT2D eigenvalue weighted by molar-refractivity contribution is 5.96. The summed E-state index contributed by atoms with van der Waals surface area (Å²) >= 11 is 0. The summed E-state index contributed by atoms with van der Waals surface area (Å²) in [7, 11) is 0. The summed E-state index contributed by atoms with van der Waals surface area (Å²) < 4.78 is 5.33. The fraction of sp³-hybridized carbons (Fsp3) is 0.375. The van der Waals surface area contributed by atoms with Gasteiger partial charge in [-0.25, -0.2) is 0 Å². The van der Waals surface area contributed by atoms with Crippen LogP contribution in [0.15, 0.2) is 39.7 Å². The molecular formula is C16H19NO3. The van der Waals surface area contributed by atoms with Crippen LogP contribution in [0.1, 0.15) is 43.0 Å². The average Bonchev–Trinajstić information content (AvgIpc) is 2.47. The molecule has 20 heavy (non-hydrogen) atoms. The lowest BCUT2D eigenvalue weighted by Crippen LogP contribution is -2.29. The van der Waals surface area contributed by atoms with Gasteiger partial charge in [-0.2, -0.15) is 0 Å². The molecule has 0 atom stereocenters. The van der Waals surface area contributed by atoms with Crippen molar-refractivity contribution < 1.29 is 9.21 Å². The third kappa shape index (κ3) is 3.26. The first-order valence-electron chi connectivity index (χ1n) is 7.02. The Morgan fingerprint density at radius 3 is 2.80 bits per heavy atom. The molecule has 0 aliphatic carbocycles. The number of carbonyl (C=O) groups is 1. The van der Waals surface area contributed by atoms with E-state index in [2.05, 4.69) is 12.2 Å². The van der Waals surface area contributed by atoms with Crippen LogP contribution in [0.25, 0.3) is 11.0 Å². The van der Waals surface area contributed by atoms with Gasteiger partial charge in [0.25, 0.3) is 5.91 Å². The van der Waals surface area contributed by atoms with Crippen LogP contribution in [0.3, 0.4) is 0 Å². The second-order valence-electron chi connectivity index (χ2n) is 4.79. The van der Waals surface area contributed by atoms with Gasteiger partial charge < -0.3 is 9.73 Å². The molecular weight excluding hydrogens is 254 g/mol. The smallest absolute Gasteiger partial charge is 0.258 e. The zero-order chi connectivity index (χ0) is 14.4. The average molecular weight is 273 g/mol. The molecule has 0 bridgehead atoms. The van der Waals surface area contributed by atoms with Crippen LogP contribution in [-0.4, -0.2) is 12.5 Å². The van der Waals surface area contributed by atoms with E-state index in [4.69, 9.17) is 4.42 Å². The monoisotopic (exact) mass is 273 g/mol. The van der Waals surface area contributed by atoms with Gasteiger partial charge in [-0.15, -0.1) is 0 Å². The van der Waals surface area contributed by atoms with Crippen molar-refractivity contribution in [2.75, 3.05) is 6.54 Å². The summed E-state index contributed by atoms with van der Waals surface area (Å²) in [5.41, 5.74) is 0.286. The van der Waals surface area contributed by atoms with E-state index in [9.17, 15) is 9.59 Å². The molecule has 0 fully saturated rings. The molecule has 1 aromatic heterocycles. The largest absolute Gasteiger partial charge is 0.463 e. The molecule has 4 heteroatoms. The molecule has 2 rings (SSSR count). The minimum atomic E-state index is -0.360. The van der Waals surface area contributed by atoms with E-state index in [-0.39, 0.29) is 16.9 Å². The molecule has 1 amide bonds. The Morgan fingerprint density at radius 2 is 2.00 bits per heavy atom. The van der Waals surface area contributed by atoms with Crippen molar-refractivity contribution in [3.8, 4) is 0 Å². The summed E-state index contributed by atoms with van der Waals surface area (Å²) in [6, 6.07) is 6.92. The van der Waals surface area contributed by atoms with Crippen LogP contribution >= 0.6 is 0 Å². The number of nitrogens with one attached hydrogen (secondary N) is 1. The number of hydrogen-bond donors (Lipinski definition) is 1. The first-order chi connectivity index (χ1) is 9.74. The van der Waals surface area contributed by atoms with E-state index < -0.39 is 0 Å². The van der Waals surface area contributed by atoms with E-state index in [1.807, 2.05) is 0 Å². The zero-order valence-electron chi connectivity index (χ0n) is 11.6. The molecule has 4 nitrogen and oxygen atoms in total. The van der Waals surface area contributed by atoms with Gasteiger partial charge in [0.15, 0.2) is 0 Å². The standard InChI is InChI=1S/C16H19NO3/c1-2-3-4-7-10-17-16(19)13-11-20-14-9-6-5-8-12(14)15(13)18/h5-6,8-9,11H,2-4,7,10H2,1H3,(H,17,19). The number of benzene rings is 1. The Labute approximate surface area is 117 Å². The quantitative estimate of drug-likeness (QED) is 0.823. The maximum Gasteiger partial charge on any atom is 0.258 e. The number of rotatable bonds is 6. The van der Waals surface area contributed by atoms with Gasteiger partial charge in [0, 0.05) is 6.54 Å². The van der Waals surface area contributed by atoms with Gasteiger partial charge in [0.05, 0.1) is 5.39 Å². The third-order valence-corrected chi connectivity index (χ3v) is 3.24. The van der Waals surface area contributed by atoms with Gasteiger partial charge >= 0.3 is 0 Å². The number of unbranched alkanes of at least 4 members (excludes halogenated alkanes) is 3. The van der Waals surface area contributed by atoms with Crippen LogP contribution < -0.4 is 10.7 Å². The van der Waals surface area contributed by atoms with Gasteiger partial charge in [-0.1, -0.05) is 38.3 Å². The van der Waals surface area contributed by atoms with E-state index in [0.29, 0.717) is 17.5 Å². The summed E-state index contributed by atoms with van der Waals surface area (Å²) in [5.74, 6) is -0.360. The van der Waals surface area contributed by atoms with Gasteiger partial charge in [0.2, 0.25) is 5.43 Å². The van der Waals surface area contributed by atoms with Crippen LogP contribution in [-0.2, 0) is 0 Å². The Balaban J connectivity index is 2.07. The van der Waals surface area contributed by atoms with Crippen LogP contribution in [0.4, 0.5) is 0 Å². The summed E-state index contributed by atoms with van der Waals surface area (Å²) in [6.45, 7) is 2.73. The normalized spacial score (nSPS) is 10.7. The summed E-state index contributed by atoms with van der Waals surface area (Å²) in [4.78, 5) is 24.2. The van der Waals surface area contributed by atoms with Gasteiger partial charge in [0.1, 0.15) is 17.4 Å². The molecule has 0 saturated heterocycles. The Hall–Kier alpha value is -2.10. The maximum atomic E-state index is 12.2. The van der Waals surface area contributed by atoms with Crippen molar-refractivity contribution in [1.82, 2.24) is 5.32 Å². The minimum absolute atomic E-state index is 0.0687. The van der Waals surface area contributed by atoms with E-state index in [1.54, 1.807) is 24.3 Å².